The molecule has 29 heavy (non-hydrogen) atoms. The summed E-state index contributed by atoms with van der Waals surface area (Å²) in [5, 5.41) is 14.1. The van der Waals surface area contributed by atoms with Crippen LogP contribution in [0.15, 0.2) is 53.4 Å². The van der Waals surface area contributed by atoms with Crippen molar-refractivity contribution in [1.82, 2.24) is 4.98 Å². The largest absolute Gasteiger partial charge is 0.508 e. The topological polar surface area (TPSA) is 109 Å². The molecule has 4 N–H and O–H groups in total. The number of hydrogen-bond donors (Lipinski definition) is 3. The minimum atomic E-state index is -3.33. The molecule has 0 saturated carbocycles. The van der Waals surface area contributed by atoms with E-state index < -0.39 is 9.84 Å². The third-order valence-corrected chi connectivity index (χ3v) is 6.89. The van der Waals surface area contributed by atoms with Gasteiger partial charge in [0, 0.05) is 36.8 Å². The van der Waals surface area contributed by atoms with Gasteiger partial charge in [0.2, 0.25) is 0 Å². The fourth-order valence-corrected chi connectivity index (χ4v) is 5.09. The number of phenols is 1. The third kappa shape index (κ3) is 3.99. The monoisotopic (exact) mass is 412 g/mol. The molecule has 0 radical (unpaired) electrons. The van der Waals surface area contributed by atoms with Gasteiger partial charge in [0.25, 0.3) is 0 Å². The van der Waals surface area contributed by atoms with Crippen LogP contribution in [0.1, 0.15) is 12.0 Å². The zero-order valence-corrected chi connectivity index (χ0v) is 16.8. The Labute approximate surface area is 170 Å². The predicted molar refractivity (Wildman–Crippen MR) is 115 cm³/mol. The summed E-state index contributed by atoms with van der Waals surface area (Å²) in [5.41, 5.74) is 7.95. The molecule has 4 rings (SSSR count). The van der Waals surface area contributed by atoms with Crippen LogP contribution in [0.4, 0.5) is 11.5 Å². The number of sulfone groups is 1. The average molecular weight is 413 g/mol. The molecule has 0 atom stereocenters. The number of nitrogens with zero attached hydrogens (tertiary/aromatic N) is 2. The van der Waals surface area contributed by atoms with Gasteiger partial charge in [-0.3, -0.25) is 0 Å². The Hall–Kier alpha value is -2.84. The predicted octanol–water partition coefficient (Wildman–Crippen LogP) is 2.50. The van der Waals surface area contributed by atoms with Crippen molar-refractivity contribution in [2.75, 3.05) is 35.6 Å². The zero-order chi connectivity index (χ0) is 20.4. The van der Waals surface area contributed by atoms with Gasteiger partial charge in [-0.15, -0.1) is 0 Å². The lowest BCUT2D eigenvalue weighted by atomic mass is 10.1. The van der Waals surface area contributed by atoms with Crippen molar-refractivity contribution < 1.29 is 13.5 Å². The van der Waals surface area contributed by atoms with E-state index in [1.54, 1.807) is 30.3 Å². The molecule has 2 heterocycles. The fraction of sp³-hybridized carbons (Fsp3) is 0.286. The number of anilines is 2. The van der Waals surface area contributed by atoms with E-state index in [2.05, 4.69) is 5.32 Å². The lowest BCUT2D eigenvalue weighted by Gasteiger charge is -2.23. The summed E-state index contributed by atoms with van der Waals surface area (Å²) in [5.74, 6) is 0.906. The van der Waals surface area contributed by atoms with E-state index >= 15 is 0 Å². The Balaban J connectivity index is 1.76. The Kier molecular flexibility index (Phi) is 5.29. The fourth-order valence-electron chi connectivity index (χ4n) is 3.59. The number of pyridine rings is 1. The van der Waals surface area contributed by atoms with Crippen LogP contribution >= 0.6 is 0 Å². The molecule has 2 aromatic carbocycles. The minimum Gasteiger partial charge on any atom is -0.508 e. The quantitative estimate of drug-likeness (QED) is 0.553. The molecule has 0 bridgehead atoms. The Morgan fingerprint density at radius 1 is 1.17 bits per heavy atom. The van der Waals surface area contributed by atoms with Gasteiger partial charge in [0.1, 0.15) is 11.6 Å². The molecule has 8 heteroatoms. The minimum absolute atomic E-state index is 0.0369. The maximum Gasteiger partial charge on any atom is 0.180 e. The van der Waals surface area contributed by atoms with Gasteiger partial charge in [0.15, 0.2) is 9.84 Å². The summed E-state index contributed by atoms with van der Waals surface area (Å²) in [7, 11) is -3.33. The van der Waals surface area contributed by atoms with Gasteiger partial charge >= 0.3 is 0 Å². The third-order valence-electron chi connectivity index (χ3n) is 5.10. The van der Waals surface area contributed by atoms with E-state index in [0.29, 0.717) is 36.9 Å². The second kappa shape index (κ2) is 7.88. The molecule has 0 fully saturated rings. The van der Waals surface area contributed by atoms with Crippen LogP contribution < -0.4 is 16.0 Å². The first-order valence-electron chi connectivity index (χ1n) is 9.61. The first-order chi connectivity index (χ1) is 14.0. The van der Waals surface area contributed by atoms with E-state index in [0.717, 1.165) is 28.6 Å². The van der Waals surface area contributed by atoms with Crippen LogP contribution in [0.5, 0.6) is 5.75 Å². The molecule has 0 saturated heterocycles. The van der Waals surface area contributed by atoms with E-state index in [9.17, 15) is 13.5 Å². The molecule has 1 aromatic heterocycles. The molecule has 0 spiro atoms. The lowest BCUT2D eigenvalue weighted by Crippen LogP contribution is -2.26. The smallest absolute Gasteiger partial charge is 0.180 e. The maximum atomic E-state index is 12.7. The number of fused-ring (bicyclic) bond motifs is 2. The van der Waals surface area contributed by atoms with Crippen molar-refractivity contribution in [3.05, 3.63) is 54.1 Å². The molecule has 152 valence electrons. The Bertz CT molecular complexity index is 1150. The maximum absolute atomic E-state index is 12.7. The molecule has 1 aliphatic heterocycles. The number of rotatable bonds is 5. The highest BCUT2D eigenvalue weighted by atomic mass is 32.2. The van der Waals surface area contributed by atoms with E-state index in [1.165, 1.54) is 0 Å². The van der Waals surface area contributed by atoms with Crippen molar-refractivity contribution in [2.45, 2.75) is 17.9 Å². The molecule has 0 aliphatic carbocycles. The standard InChI is InChI=1S/C21H24N4O3S/c22-8-3-9-23-19-13-21(24-18-7-6-16(26)12-17(18)19)25-10-11-29(27,28)20-5-2-1-4-15(20)14-25/h1-2,4-7,12-13,26H,3,8-11,14,22H2,(H,23,24). The normalized spacial score (nSPS) is 15.7. The van der Waals surface area contributed by atoms with Crippen LogP contribution in [0.3, 0.4) is 0 Å². The number of nitrogens with one attached hydrogen (secondary N) is 1. The molecular formula is C21H24N4O3S. The molecule has 0 amide bonds. The van der Waals surface area contributed by atoms with Crippen molar-refractivity contribution in [2.24, 2.45) is 5.73 Å². The van der Waals surface area contributed by atoms with Crippen LogP contribution in [0.2, 0.25) is 0 Å². The summed E-state index contributed by atoms with van der Waals surface area (Å²) in [4.78, 5) is 7.13. The van der Waals surface area contributed by atoms with Crippen molar-refractivity contribution in [3.63, 3.8) is 0 Å². The molecule has 7 nitrogen and oxygen atoms in total. The summed E-state index contributed by atoms with van der Waals surface area (Å²) in [6, 6.07) is 14.1. The van der Waals surface area contributed by atoms with Gasteiger partial charge in [-0.25, -0.2) is 13.4 Å². The second-order valence-corrected chi connectivity index (χ2v) is 9.22. The average Bonchev–Trinajstić information content (AvgIpc) is 2.84. The van der Waals surface area contributed by atoms with Crippen molar-refractivity contribution in [1.29, 1.82) is 0 Å². The number of aromatic hydroxyl groups is 1. The SMILES string of the molecule is NCCCNc1cc(N2CCS(=O)(=O)c3ccccc3C2)nc2ccc(O)cc12. The van der Waals surface area contributed by atoms with Crippen LogP contribution in [0, 0.1) is 0 Å². The van der Waals surface area contributed by atoms with Gasteiger partial charge in [0.05, 0.1) is 16.2 Å². The first kappa shape index (κ1) is 19.5. The van der Waals surface area contributed by atoms with Gasteiger partial charge in [-0.05, 0) is 42.8 Å². The first-order valence-corrected chi connectivity index (χ1v) is 11.3. The van der Waals surface area contributed by atoms with Crippen LogP contribution in [-0.4, -0.2) is 43.9 Å². The molecular weight excluding hydrogens is 388 g/mol. The van der Waals surface area contributed by atoms with E-state index in [4.69, 9.17) is 10.7 Å². The number of hydrogen-bond acceptors (Lipinski definition) is 7. The van der Waals surface area contributed by atoms with Gasteiger partial charge in [-0.1, -0.05) is 18.2 Å². The highest BCUT2D eigenvalue weighted by Crippen LogP contribution is 2.32. The number of nitrogens with two attached hydrogens (primary N) is 1. The number of benzene rings is 2. The summed E-state index contributed by atoms with van der Waals surface area (Å²) >= 11 is 0. The van der Waals surface area contributed by atoms with E-state index in [-0.39, 0.29) is 11.5 Å². The van der Waals surface area contributed by atoms with Gasteiger partial charge in [-0.2, -0.15) is 0 Å². The Morgan fingerprint density at radius 3 is 2.83 bits per heavy atom. The summed E-state index contributed by atoms with van der Waals surface area (Å²) in [6.45, 7) is 2.10. The number of aromatic nitrogens is 1. The van der Waals surface area contributed by atoms with E-state index in [1.807, 2.05) is 23.1 Å². The van der Waals surface area contributed by atoms with Crippen LogP contribution in [0.25, 0.3) is 10.9 Å². The molecule has 0 unspecified atom stereocenters. The highest BCUT2D eigenvalue weighted by molar-refractivity contribution is 7.91. The molecule has 3 aromatic rings. The van der Waals surface area contributed by atoms with Crippen LogP contribution in [-0.2, 0) is 16.4 Å². The van der Waals surface area contributed by atoms with Gasteiger partial charge < -0.3 is 21.1 Å². The van der Waals surface area contributed by atoms with Crippen molar-refractivity contribution in [3.8, 4) is 5.75 Å². The summed E-state index contributed by atoms with van der Waals surface area (Å²) < 4.78 is 25.3. The number of phenolic OH excluding ortho intramolecular Hbond substituents is 1. The zero-order valence-electron chi connectivity index (χ0n) is 16.0. The molecule has 1 aliphatic rings. The second-order valence-electron chi connectivity index (χ2n) is 7.15. The summed E-state index contributed by atoms with van der Waals surface area (Å²) in [6.07, 6.45) is 0.813. The lowest BCUT2D eigenvalue weighted by molar-refractivity contribution is 0.476. The highest BCUT2D eigenvalue weighted by Gasteiger charge is 2.26. The van der Waals surface area contributed by atoms with Crippen molar-refractivity contribution >= 4 is 32.2 Å². The Morgan fingerprint density at radius 2 is 2.00 bits per heavy atom.